The minimum Gasteiger partial charge on any atom is -0.329 e. The molecular weight excluding hydrogens is 140 g/mol. The number of hydrogen-bond donors (Lipinski definition) is 2. The molecule has 0 aromatic carbocycles. The van der Waals surface area contributed by atoms with E-state index < -0.39 is 10.0 Å². The molecule has 0 spiro atoms. The summed E-state index contributed by atoms with van der Waals surface area (Å²) in [6, 6.07) is -0.0185. The van der Waals surface area contributed by atoms with Gasteiger partial charge in [0.2, 0.25) is 10.0 Å². The van der Waals surface area contributed by atoms with Crippen molar-refractivity contribution in [3.05, 3.63) is 0 Å². The summed E-state index contributed by atoms with van der Waals surface area (Å²) in [7, 11) is -2.94. The van der Waals surface area contributed by atoms with Crippen molar-refractivity contribution < 1.29 is 8.42 Å². The molecular formula is C4H10N2O2S. The summed E-state index contributed by atoms with van der Waals surface area (Å²) in [6.45, 7) is 0.402. The van der Waals surface area contributed by atoms with E-state index in [2.05, 4.69) is 4.72 Å². The standard InChI is InChI=1S/C4H10N2O2S/c5-3-4-1-2-9(7,8)6-4/h4,6H,1-3,5H2/t4-/m1/s1. The van der Waals surface area contributed by atoms with Gasteiger partial charge in [-0.1, -0.05) is 0 Å². The molecule has 4 nitrogen and oxygen atoms in total. The van der Waals surface area contributed by atoms with Gasteiger partial charge in [-0.3, -0.25) is 0 Å². The Labute approximate surface area is 54.5 Å². The van der Waals surface area contributed by atoms with Crippen LogP contribution < -0.4 is 10.5 Å². The monoisotopic (exact) mass is 150 g/mol. The Bertz CT molecular complexity index is 187. The van der Waals surface area contributed by atoms with Gasteiger partial charge in [0.25, 0.3) is 0 Å². The molecule has 54 valence electrons. The van der Waals surface area contributed by atoms with Crippen LogP contribution in [0.4, 0.5) is 0 Å². The zero-order valence-corrected chi connectivity index (χ0v) is 5.82. The first-order valence-electron chi connectivity index (χ1n) is 2.84. The van der Waals surface area contributed by atoms with Gasteiger partial charge >= 0.3 is 0 Å². The number of nitrogens with one attached hydrogen (secondary N) is 1. The third-order valence-corrected chi connectivity index (χ3v) is 2.83. The average molecular weight is 150 g/mol. The topological polar surface area (TPSA) is 72.2 Å². The second-order valence-corrected chi connectivity index (χ2v) is 4.03. The fourth-order valence-corrected chi connectivity index (χ4v) is 2.27. The first-order chi connectivity index (χ1) is 4.14. The van der Waals surface area contributed by atoms with E-state index in [1.54, 1.807) is 0 Å². The highest BCUT2D eigenvalue weighted by molar-refractivity contribution is 7.89. The molecule has 0 aliphatic carbocycles. The zero-order valence-electron chi connectivity index (χ0n) is 5.00. The summed E-state index contributed by atoms with van der Waals surface area (Å²) in [5.41, 5.74) is 5.23. The van der Waals surface area contributed by atoms with E-state index in [0.717, 1.165) is 0 Å². The van der Waals surface area contributed by atoms with Crippen LogP contribution in [-0.4, -0.2) is 26.8 Å². The third kappa shape index (κ3) is 1.64. The highest BCUT2D eigenvalue weighted by Gasteiger charge is 2.24. The lowest BCUT2D eigenvalue weighted by atomic mass is 10.2. The molecule has 1 aliphatic rings. The number of nitrogens with two attached hydrogens (primary N) is 1. The molecule has 5 heteroatoms. The molecule has 1 fully saturated rings. The van der Waals surface area contributed by atoms with Crippen LogP contribution in [-0.2, 0) is 10.0 Å². The van der Waals surface area contributed by atoms with Gasteiger partial charge in [-0.15, -0.1) is 0 Å². The maximum atomic E-state index is 10.6. The summed E-state index contributed by atoms with van der Waals surface area (Å²) >= 11 is 0. The van der Waals surface area contributed by atoms with Crippen LogP contribution in [0.5, 0.6) is 0 Å². The van der Waals surface area contributed by atoms with E-state index in [4.69, 9.17) is 5.73 Å². The summed E-state index contributed by atoms with van der Waals surface area (Å²) in [5.74, 6) is 0.231. The van der Waals surface area contributed by atoms with Crippen LogP contribution >= 0.6 is 0 Å². The smallest absolute Gasteiger partial charge is 0.211 e. The Morgan fingerprint density at radius 1 is 1.67 bits per heavy atom. The second kappa shape index (κ2) is 2.24. The first-order valence-corrected chi connectivity index (χ1v) is 4.49. The summed E-state index contributed by atoms with van der Waals surface area (Å²) in [6.07, 6.45) is 0.652. The van der Waals surface area contributed by atoms with Crippen molar-refractivity contribution in [1.29, 1.82) is 0 Å². The maximum absolute atomic E-state index is 10.6. The van der Waals surface area contributed by atoms with Crippen molar-refractivity contribution >= 4 is 10.0 Å². The van der Waals surface area contributed by atoms with Crippen LogP contribution in [0.25, 0.3) is 0 Å². The third-order valence-electron chi connectivity index (χ3n) is 1.37. The second-order valence-electron chi connectivity index (χ2n) is 2.16. The number of sulfonamides is 1. The number of rotatable bonds is 1. The van der Waals surface area contributed by atoms with Gasteiger partial charge in [-0.05, 0) is 6.42 Å². The van der Waals surface area contributed by atoms with Crippen molar-refractivity contribution in [2.24, 2.45) is 5.73 Å². The van der Waals surface area contributed by atoms with Gasteiger partial charge in [0.05, 0.1) is 5.75 Å². The predicted octanol–water partition coefficient (Wildman–Crippen LogP) is -1.36. The molecule has 0 unspecified atom stereocenters. The molecule has 1 heterocycles. The fourth-order valence-electron chi connectivity index (χ4n) is 0.835. The normalized spacial score (nSPS) is 32.8. The predicted molar refractivity (Wildman–Crippen MR) is 34.4 cm³/mol. The van der Waals surface area contributed by atoms with Crippen molar-refractivity contribution in [2.75, 3.05) is 12.3 Å². The van der Waals surface area contributed by atoms with Crippen LogP contribution in [0.3, 0.4) is 0 Å². The minimum atomic E-state index is -2.94. The molecule has 0 aromatic heterocycles. The SMILES string of the molecule is NC[C@H]1CCS(=O)(=O)N1. The zero-order chi connectivity index (χ0) is 6.91. The minimum absolute atomic E-state index is 0.0185. The molecule has 0 radical (unpaired) electrons. The molecule has 1 saturated heterocycles. The molecule has 3 N–H and O–H groups in total. The van der Waals surface area contributed by atoms with E-state index in [9.17, 15) is 8.42 Å². The van der Waals surface area contributed by atoms with Crippen molar-refractivity contribution in [3.8, 4) is 0 Å². The van der Waals surface area contributed by atoms with Crippen molar-refractivity contribution in [1.82, 2.24) is 4.72 Å². The Morgan fingerprint density at radius 3 is 2.56 bits per heavy atom. The van der Waals surface area contributed by atoms with Gasteiger partial charge < -0.3 is 5.73 Å². The van der Waals surface area contributed by atoms with Gasteiger partial charge in [-0.25, -0.2) is 13.1 Å². The van der Waals surface area contributed by atoms with Crippen LogP contribution in [0.15, 0.2) is 0 Å². The molecule has 0 aromatic rings. The molecule has 0 amide bonds. The highest BCUT2D eigenvalue weighted by atomic mass is 32.2. The van der Waals surface area contributed by atoms with E-state index in [0.29, 0.717) is 13.0 Å². The van der Waals surface area contributed by atoms with Crippen LogP contribution in [0.2, 0.25) is 0 Å². The van der Waals surface area contributed by atoms with E-state index in [1.165, 1.54) is 0 Å². The Kier molecular flexibility index (Phi) is 1.74. The molecule has 1 atom stereocenters. The summed E-state index contributed by atoms with van der Waals surface area (Å²) in [5, 5.41) is 0. The summed E-state index contributed by atoms with van der Waals surface area (Å²) in [4.78, 5) is 0. The van der Waals surface area contributed by atoms with Crippen molar-refractivity contribution in [3.63, 3.8) is 0 Å². The van der Waals surface area contributed by atoms with Gasteiger partial charge in [-0.2, -0.15) is 0 Å². The van der Waals surface area contributed by atoms with Gasteiger partial charge in [0.1, 0.15) is 0 Å². The van der Waals surface area contributed by atoms with E-state index in [1.807, 2.05) is 0 Å². The largest absolute Gasteiger partial charge is 0.329 e. The highest BCUT2D eigenvalue weighted by Crippen LogP contribution is 2.04. The lowest BCUT2D eigenvalue weighted by molar-refractivity contribution is 0.582. The molecule has 1 aliphatic heterocycles. The molecule has 0 bridgehead atoms. The van der Waals surface area contributed by atoms with Crippen molar-refractivity contribution in [2.45, 2.75) is 12.5 Å². The van der Waals surface area contributed by atoms with E-state index in [-0.39, 0.29) is 11.8 Å². The Hall–Kier alpha value is -0.130. The fraction of sp³-hybridized carbons (Fsp3) is 1.00. The van der Waals surface area contributed by atoms with Gasteiger partial charge in [0.15, 0.2) is 0 Å². The molecule has 1 rings (SSSR count). The van der Waals surface area contributed by atoms with Gasteiger partial charge in [0, 0.05) is 12.6 Å². The first kappa shape index (κ1) is 6.98. The number of hydrogen-bond acceptors (Lipinski definition) is 3. The van der Waals surface area contributed by atoms with Crippen LogP contribution in [0.1, 0.15) is 6.42 Å². The lowest BCUT2D eigenvalue weighted by Crippen LogP contribution is -2.32. The lowest BCUT2D eigenvalue weighted by Gasteiger charge is -2.01. The average Bonchev–Trinajstić information content (AvgIpc) is 2.10. The quantitative estimate of drug-likeness (QED) is 0.485. The van der Waals surface area contributed by atoms with Crippen LogP contribution in [0, 0.1) is 0 Å². The Balaban J connectivity index is 2.58. The molecule has 9 heavy (non-hydrogen) atoms. The summed E-state index contributed by atoms with van der Waals surface area (Å²) < 4.78 is 23.7. The molecule has 0 saturated carbocycles. The maximum Gasteiger partial charge on any atom is 0.211 e. The Morgan fingerprint density at radius 2 is 2.33 bits per heavy atom. The van der Waals surface area contributed by atoms with E-state index >= 15 is 0 Å².